The molecule has 1 aliphatic heterocycles. The van der Waals surface area contributed by atoms with Gasteiger partial charge in [-0.25, -0.2) is 4.68 Å². The van der Waals surface area contributed by atoms with Gasteiger partial charge >= 0.3 is 0 Å². The standard InChI is InChI=1S/C23H26N4O2/c1-17(28)24-20-11-12-26(16-20)14-19-15-27(21-8-4-3-5-9-21)25-23(19)18-7-6-10-22(13-18)29-2/h3-10,13,15,20H,11-12,14,16H2,1-2H3,(H,24,28). The molecule has 150 valence electrons. The van der Waals surface area contributed by atoms with Crippen LogP contribution in [0, 0.1) is 0 Å². The molecule has 1 unspecified atom stereocenters. The zero-order chi connectivity index (χ0) is 20.2. The van der Waals surface area contributed by atoms with Crippen LogP contribution in [0.4, 0.5) is 0 Å². The van der Waals surface area contributed by atoms with Crippen molar-refractivity contribution in [3.8, 4) is 22.7 Å². The van der Waals surface area contributed by atoms with Crippen molar-refractivity contribution >= 4 is 5.91 Å². The van der Waals surface area contributed by atoms with Crippen molar-refractivity contribution in [2.24, 2.45) is 0 Å². The summed E-state index contributed by atoms with van der Waals surface area (Å²) in [5, 5.41) is 7.93. The maximum atomic E-state index is 11.4. The van der Waals surface area contributed by atoms with Gasteiger partial charge in [-0.15, -0.1) is 0 Å². The molecule has 0 radical (unpaired) electrons. The summed E-state index contributed by atoms with van der Waals surface area (Å²) < 4.78 is 7.34. The predicted molar refractivity (Wildman–Crippen MR) is 113 cm³/mol. The van der Waals surface area contributed by atoms with Crippen molar-refractivity contribution in [2.75, 3.05) is 20.2 Å². The average molecular weight is 390 g/mol. The highest BCUT2D eigenvalue weighted by Gasteiger charge is 2.25. The van der Waals surface area contributed by atoms with Crippen LogP contribution in [0.1, 0.15) is 18.9 Å². The fraction of sp³-hybridized carbons (Fsp3) is 0.304. The normalized spacial score (nSPS) is 16.7. The van der Waals surface area contributed by atoms with Crippen LogP contribution in [-0.2, 0) is 11.3 Å². The Morgan fingerprint density at radius 1 is 1.21 bits per heavy atom. The fourth-order valence-electron chi connectivity index (χ4n) is 3.87. The van der Waals surface area contributed by atoms with E-state index >= 15 is 0 Å². The number of carbonyl (C=O) groups is 1. The number of benzene rings is 2. The van der Waals surface area contributed by atoms with Crippen LogP contribution < -0.4 is 10.1 Å². The smallest absolute Gasteiger partial charge is 0.217 e. The molecule has 29 heavy (non-hydrogen) atoms. The lowest BCUT2D eigenvalue weighted by Gasteiger charge is -2.16. The number of aromatic nitrogens is 2. The van der Waals surface area contributed by atoms with Crippen LogP contribution in [-0.4, -0.2) is 46.8 Å². The first-order valence-electron chi connectivity index (χ1n) is 9.90. The number of amides is 1. The quantitative estimate of drug-likeness (QED) is 0.702. The molecule has 1 fully saturated rings. The van der Waals surface area contributed by atoms with Gasteiger partial charge < -0.3 is 10.1 Å². The minimum Gasteiger partial charge on any atom is -0.497 e. The van der Waals surface area contributed by atoms with Gasteiger partial charge in [0.15, 0.2) is 0 Å². The van der Waals surface area contributed by atoms with Crippen LogP contribution in [0.3, 0.4) is 0 Å². The number of methoxy groups -OCH3 is 1. The second kappa shape index (κ2) is 8.49. The maximum Gasteiger partial charge on any atom is 0.217 e. The molecule has 2 aromatic carbocycles. The van der Waals surface area contributed by atoms with Gasteiger partial charge in [0.2, 0.25) is 5.91 Å². The Hall–Kier alpha value is -3.12. The molecular formula is C23H26N4O2. The highest BCUT2D eigenvalue weighted by molar-refractivity contribution is 5.73. The molecule has 0 spiro atoms. The first kappa shape index (κ1) is 19.2. The van der Waals surface area contributed by atoms with Gasteiger partial charge in [0.25, 0.3) is 0 Å². The predicted octanol–water partition coefficient (Wildman–Crippen LogP) is 3.26. The van der Waals surface area contributed by atoms with Crippen LogP contribution in [0.2, 0.25) is 0 Å². The largest absolute Gasteiger partial charge is 0.497 e. The minimum atomic E-state index is 0.0332. The summed E-state index contributed by atoms with van der Waals surface area (Å²) in [6, 6.07) is 18.4. The molecule has 0 saturated carbocycles. The molecule has 1 N–H and O–H groups in total. The van der Waals surface area contributed by atoms with E-state index in [0.717, 1.165) is 54.3 Å². The number of carbonyl (C=O) groups excluding carboxylic acids is 1. The van der Waals surface area contributed by atoms with Crippen molar-refractivity contribution in [3.05, 3.63) is 66.4 Å². The van der Waals surface area contributed by atoms with E-state index in [4.69, 9.17) is 9.84 Å². The first-order chi connectivity index (χ1) is 14.1. The first-order valence-corrected chi connectivity index (χ1v) is 9.90. The molecule has 1 aliphatic rings. The molecule has 6 nitrogen and oxygen atoms in total. The molecule has 3 aromatic rings. The third kappa shape index (κ3) is 4.49. The molecule has 6 heteroatoms. The van der Waals surface area contributed by atoms with Crippen molar-refractivity contribution < 1.29 is 9.53 Å². The van der Waals surface area contributed by atoms with Crippen LogP contribution in [0.5, 0.6) is 5.75 Å². The summed E-state index contributed by atoms with van der Waals surface area (Å²) in [7, 11) is 1.68. The molecule has 2 heterocycles. The molecule has 1 aromatic heterocycles. The number of para-hydroxylation sites is 1. The Bertz CT molecular complexity index is 984. The Kier molecular flexibility index (Phi) is 5.62. The molecule has 4 rings (SSSR count). The van der Waals surface area contributed by atoms with Gasteiger partial charge in [0, 0.05) is 49.9 Å². The van der Waals surface area contributed by atoms with Crippen molar-refractivity contribution in [2.45, 2.75) is 25.9 Å². The highest BCUT2D eigenvalue weighted by atomic mass is 16.5. The number of hydrogen-bond donors (Lipinski definition) is 1. The van der Waals surface area contributed by atoms with E-state index in [1.165, 1.54) is 0 Å². The highest BCUT2D eigenvalue weighted by Crippen LogP contribution is 2.28. The molecular weight excluding hydrogens is 364 g/mol. The lowest BCUT2D eigenvalue weighted by Crippen LogP contribution is -2.35. The third-order valence-electron chi connectivity index (χ3n) is 5.23. The molecule has 0 aliphatic carbocycles. The molecule has 1 amide bonds. The number of likely N-dealkylation sites (tertiary alicyclic amines) is 1. The Morgan fingerprint density at radius 3 is 2.79 bits per heavy atom. The van der Waals surface area contributed by atoms with E-state index in [2.05, 4.69) is 34.6 Å². The van der Waals surface area contributed by atoms with Crippen molar-refractivity contribution in [1.29, 1.82) is 0 Å². The number of rotatable bonds is 6. The summed E-state index contributed by atoms with van der Waals surface area (Å²) in [6.45, 7) is 4.18. The van der Waals surface area contributed by atoms with Gasteiger partial charge in [-0.1, -0.05) is 30.3 Å². The summed E-state index contributed by atoms with van der Waals surface area (Å²) >= 11 is 0. The van der Waals surface area contributed by atoms with E-state index in [0.29, 0.717) is 0 Å². The number of ether oxygens (including phenoxy) is 1. The summed E-state index contributed by atoms with van der Waals surface area (Å²) in [5.74, 6) is 0.848. The fourth-order valence-corrected chi connectivity index (χ4v) is 3.87. The van der Waals surface area contributed by atoms with E-state index in [9.17, 15) is 4.79 Å². The second-order valence-electron chi connectivity index (χ2n) is 7.44. The zero-order valence-electron chi connectivity index (χ0n) is 16.8. The van der Waals surface area contributed by atoms with Gasteiger partial charge in [-0.2, -0.15) is 5.10 Å². The number of nitrogens with one attached hydrogen (secondary N) is 1. The number of nitrogens with zero attached hydrogens (tertiary/aromatic N) is 3. The van der Waals surface area contributed by atoms with E-state index in [-0.39, 0.29) is 11.9 Å². The van der Waals surface area contributed by atoms with Gasteiger partial charge in [0.1, 0.15) is 5.75 Å². The Balaban J connectivity index is 1.64. The van der Waals surface area contributed by atoms with Gasteiger partial charge in [0.05, 0.1) is 18.5 Å². The third-order valence-corrected chi connectivity index (χ3v) is 5.23. The van der Waals surface area contributed by atoms with E-state index in [1.54, 1.807) is 14.0 Å². The topological polar surface area (TPSA) is 59.4 Å². The lowest BCUT2D eigenvalue weighted by molar-refractivity contribution is -0.119. The summed E-state index contributed by atoms with van der Waals surface area (Å²) in [4.78, 5) is 13.7. The van der Waals surface area contributed by atoms with Crippen molar-refractivity contribution in [3.63, 3.8) is 0 Å². The monoisotopic (exact) mass is 390 g/mol. The average Bonchev–Trinajstić information content (AvgIpc) is 3.35. The zero-order valence-corrected chi connectivity index (χ0v) is 16.8. The van der Waals surface area contributed by atoms with Gasteiger partial charge in [-0.05, 0) is 30.7 Å². The van der Waals surface area contributed by atoms with Crippen LogP contribution >= 0.6 is 0 Å². The molecule has 1 atom stereocenters. The van der Waals surface area contributed by atoms with Crippen LogP contribution in [0.25, 0.3) is 16.9 Å². The number of hydrogen-bond acceptors (Lipinski definition) is 4. The molecule has 0 bridgehead atoms. The molecule has 1 saturated heterocycles. The Morgan fingerprint density at radius 2 is 2.03 bits per heavy atom. The summed E-state index contributed by atoms with van der Waals surface area (Å²) in [6.07, 6.45) is 3.08. The lowest BCUT2D eigenvalue weighted by atomic mass is 10.1. The van der Waals surface area contributed by atoms with E-state index in [1.807, 2.05) is 41.1 Å². The van der Waals surface area contributed by atoms with Gasteiger partial charge in [-0.3, -0.25) is 9.69 Å². The minimum absolute atomic E-state index is 0.0332. The second-order valence-corrected chi connectivity index (χ2v) is 7.44. The van der Waals surface area contributed by atoms with E-state index < -0.39 is 0 Å². The summed E-state index contributed by atoms with van der Waals surface area (Å²) in [5.41, 5.74) is 4.17. The maximum absolute atomic E-state index is 11.4. The van der Waals surface area contributed by atoms with Crippen molar-refractivity contribution in [1.82, 2.24) is 20.0 Å². The Labute approximate surface area is 171 Å². The van der Waals surface area contributed by atoms with Crippen LogP contribution in [0.15, 0.2) is 60.8 Å². The SMILES string of the molecule is COc1cccc(-c2nn(-c3ccccc3)cc2CN2CCC(NC(C)=O)C2)c1.